The third-order valence-electron chi connectivity index (χ3n) is 11.7. The minimum absolute atomic E-state index is 0.00253. The standard InChI is InChI=1S/C54H61N5O6S/c1-6-46(40-17-11-9-12-18-40)50(41-19-13-10-14-20-41)42-27-29-45(30-28-42)65-32-31-58(5)49(62)22-16-8-7-15-21-48(61)57-51(37(2)3)54(64)59-35-44(60)33-47(59)53(63)55-34-39-23-25-43(26-24-39)52-38(4)56-36-66-52/h9-14,17-20,23-30,36-37,44,47,51,60H,6,8,16,21-22,31-35H2,1-5H3,(H,55,63)(H,57,61)/b50-46-/t44-,47+,51+/m1/s1. The number of aryl methyl sites for hydroxylation is 1. The van der Waals surface area contributed by atoms with E-state index in [1.165, 1.54) is 21.6 Å². The minimum Gasteiger partial charge on any atom is -0.492 e. The summed E-state index contributed by atoms with van der Waals surface area (Å²) in [6.07, 6.45) is 1.28. The number of thiazole rings is 1. The molecule has 0 aliphatic carbocycles. The Morgan fingerprint density at radius 2 is 1.58 bits per heavy atom. The van der Waals surface area contributed by atoms with E-state index in [1.807, 2.05) is 74.8 Å². The van der Waals surface area contributed by atoms with Crippen LogP contribution in [-0.2, 0) is 25.7 Å². The normalized spacial score (nSPS) is 15.3. The summed E-state index contributed by atoms with van der Waals surface area (Å²) in [4.78, 5) is 61.4. The van der Waals surface area contributed by atoms with Gasteiger partial charge in [-0.3, -0.25) is 19.2 Å². The number of carbonyl (C=O) groups is 4. The number of ether oxygens (including phenoxy) is 1. The van der Waals surface area contributed by atoms with Gasteiger partial charge in [-0.15, -0.1) is 17.3 Å². The van der Waals surface area contributed by atoms with Crippen molar-refractivity contribution in [2.45, 2.75) is 91.0 Å². The van der Waals surface area contributed by atoms with Crippen molar-refractivity contribution in [1.29, 1.82) is 0 Å². The Labute approximate surface area is 393 Å². The lowest BCUT2D eigenvalue weighted by molar-refractivity contribution is -0.142. The highest BCUT2D eigenvalue weighted by Gasteiger charge is 2.42. The molecule has 4 aromatic carbocycles. The second-order valence-corrected chi connectivity index (χ2v) is 17.7. The third kappa shape index (κ3) is 13.3. The van der Waals surface area contributed by atoms with Gasteiger partial charge in [0.05, 0.1) is 35.2 Å². The van der Waals surface area contributed by atoms with Crippen LogP contribution >= 0.6 is 11.3 Å². The second-order valence-electron chi connectivity index (χ2n) is 16.9. The molecule has 0 unspecified atom stereocenters. The number of benzene rings is 4. The molecule has 1 fully saturated rings. The van der Waals surface area contributed by atoms with Gasteiger partial charge < -0.3 is 30.3 Å². The second kappa shape index (κ2) is 24.1. The van der Waals surface area contributed by atoms with E-state index in [1.54, 1.807) is 23.3 Å². The predicted molar refractivity (Wildman–Crippen MR) is 262 cm³/mol. The van der Waals surface area contributed by atoms with Crippen LogP contribution in [0.3, 0.4) is 0 Å². The first-order valence-corrected chi connectivity index (χ1v) is 23.6. The number of nitrogens with zero attached hydrogens (tertiary/aromatic N) is 3. The largest absolute Gasteiger partial charge is 0.492 e. The maximum absolute atomic E-state index is 13.8. The lowest BCUT2D eigenvalue weighted by atomic mass is 9.88. The Bertz CT molecular complexity index is 2490. The number of hydrogen-bond donors (Lipinski definition) is 3. The summed E-state index contributed by atoms with van der Waals surface area (Å²) < 4.78 is 6.04. The van der Waals surface area contributed by atoms with Crippen LogP contribution in [0, 0.1) is 24.7 Å². The van der Waals surface area contributed by atoms with Gasteiger partial charge in [-0.05, 0) is 76.8 Å². The van der Waals surface area contributed by atoms with E-state index in [9.17, 15) is 24.3 Å². The highest BCUT2D eigenvalue weighted by atomic mass is 32.1. The van der Waals surface area contributed by atoms with Gasteiger partial charge >= 0.3 is 0 Å². The number of β-amino-alcohol motifs (C(OH)–C–C–N with tert-alkyl or cyclic N) is 1. The molecule has 1 aliphatic heterocycles. The molecule has 3 N–H and O–H groups in total. The van der Waals surface area contributed by atoms with E-state index in [-0.39, 0.29) is 43.7 Å². The van der Waals surface area contributed by atoms with Crippen molar-refractivity contribution in [3.63, 3.8) is 0 Å². The van der Waals surface area contributed by atoms with Crippen LogP contribution in [0.1, 0.15) is 87.2 Å². The summed E-state index contributed by atoms with van der Waals surface area (Å²) in [6.45, 7) is 8.82. The van der Waals surface area contributed by atoms with Crippen molar-refractivity contribution in [2.24, 2.45) is 5.92 Å². The number of likely N-dealkylation sites (N-methyl/N-ethyl adjacent to an activating group) is 1. The van der Waals surface area contributed by atoms with Crippen molar-refractivity contribution < 1.29 is 29.0 Å². The van der Waals surface area contributed by atoms with Crippen LogP contribution in [0.4, 0.5) is 0 Å². The number of unbranched alkanes of at least 4 members (excludes halogenated alkanes) is 1. The molecule has 2 heterocycles. The van der Waals surface area contributed by atoms with Crippen LogP contribution in [0.2, 0.25) is 0 Å². The molecule has 12 heteroatoms. The number of likely N-dealkylation sites (tertiary alicyclic amines) is 1. The van der Waals surface area contributed by atoms with Crippen LogP contribution in [0.25, 0.3) is 21.6 Å². The lowest BCUT2D eigenvalue weighted by Gasteiger charge is -2.30. The molecule has 344 valence electrons. The van der Waals surface area contributed by atoms with Gasteiger partial charge in [-0.2, -0.15) is 0 Å². The molecular formula is C54H61N5O6S. The van der Waals surface area contributed by atoms with Gasteiger partial charge in [0.1, 0.15) is 24.4 Å². The molecule has 0 radical (unpaired) electrons. The summed E-state index contributed by atoms with van der Waals surface area (Å²) in [5, 5.41) is 16.2. The van der Waals surface area contributed by atoms with Crippen molar-refractivity contribution in [1.82, 2.24) is 25.4 Å². The number of hydrogen-bond acceptors (Lipinski definition) is 8. The van der Waals surface area contributed by atoms with E-state index in [2.05, 4.69) is 95.0 Å². The van der Waals surface area contributed by atoms with Gasteiger partial charge in [0, 0.05) is 39.4 Å². The van der Waals surface area contributed by atoms with E-state index < -0.39 is 30.0 Å². The first kappa shape index (κ1) is 48.9. The van der Waals surface area contributed by atoms with E-state index in [4.69, 9.17) is 4.74 Å². The lowest BCUT2D eigenvalue weighted by Crippen LogP contribution is -2.55. The van der Waals surface area contributed by atoms with Gasteiger partial charge in [-0.25, -0.2) is 4.98 Å². The number of aromatic nitrogens is 1. The summed E-state index contributed by atoms with van der Waals surface area (Å²) in [5.41, 5.74) is 10.6. The van der Waals surface area contributed by atoms with Crippen molar-refractivity contribution in [3.05, 3.63) is 143 Å². The molecule has 5 aromatic rings. The predicted octanol–water partition coefficient (Wildman–Crippen LogP) is 8.31. The van der Waals surface area contributed by atoms with Crippen LogP contribution < -0.4 is 15.4 Å². The Balaban J connectivity index is 0.912. The van der Waals surface area contributed by atoms with Gasteiger partial charge in [0.15, 0.2) is 0 Å². The fourth-order valence-corrected chi connectivity index (χ4v) is 8.87. The van der Waals surface area contributed by atoms with E-state index in [0.717, 1.165) is 45.0 Å². The van der Waals surface area contributed by atoms with E-state index in [0.29, 0.717) is 32.4 Å². The Morgan fingerprint density at radius 3 is 2.21 bits per heavy atom. The molecule has 1 saturated heterocycles. The van der Waals surface area contributed by atoms with Crippen molar-refractivity contribution >= 4 is 46.1 Å². The number of aliphatic hydroxyl groups excluding tert-OH is 1. The quantitative estimate of drug-likeness (QED) is 0.0430. The summed E-state index contributed by atoms with van der Waals surface area (Å²) in [7, 11) is 1.76. The fraction of sp³-hybridized carbons (Fsp3) is 0.352. The maximum Gasteiger partial charge on any atom is 0.246 e. The average molecular weight is 908 g/mol. The molecule has 1 aromatic heterocycles. The summed E-state index contributed by atoms with van der Waals surface area (Å²) >= 11 is 1.57. The summed E-state index contributed by atoms with van der Waals surface area (Å²) in [6, 6.07) is 35.1. The number of carbonyl (C=O) groups excluding carboxylic acids is 4. The van der Waals surface area contributed by atoms with Crippen molar-refractivity contribution in [3.8, 4) is 28.0 Å². The molecule has 0 saturated carbocycles. The van der Waals surface area contributed by atoms with Gasteiger partial charge in [0.25, 0.3) is 0 Å². The maximum atomic E-state index is 13.8. The topological polar surface area (TPSA) is 141 Å². The molecule has 0 spiro atoms. The number of aliphatic hydroxyl groups is 1. The highest BCUT2D eigenvalue weighted by molar-refractivity contribution is 7.13. The first-order valence-electron chi connectivity index (χ1n) is 22.7. The molecule has 11 nitrogen and oxygen atoms in total. The number of allylic oxidation sites excluding steroid dienone is 1. The Hall–Kier alpha value is -6.55. The SMILES string of the molecule is CC/C(=C(\c1ccccc1)c1ccc(OCCN(C)C(=O)CCCC#CCC(=O)N[C@H](C(=O)N2C[C@H](O)C[C@H]2C(=O)NCc2ccc(-c3scnc3C)cc2)C(C)C)cc1)c1ccccc1. The molecule has 0 bridgehead atoms. The smallest absolute Gasteiger partial charge is 0.246 e. The minimum atomic E-state index is -0.900. The van der Waals surface area contributed by atoms with Crippen LogP contribution in [-0.4, -0.2) is 88.5 Å². The number of nitrogens with one attached hydrogen (secondary N) is 2. The van der Waals surface area contributed by atoms with Crippen molar-refractivity contribution in [2.75, 3.05) is 26.7 Å². The summed E-state index contributed by atoms with van der Waals surface area (Å²) in [5.74, 6) is 5.08. The zero-order chi connectivity index (χ0) is 47.0. The third-order valence-corrected chi connectivity index (χ3v) is 12.7. The molecule has 66 heavy (non-hydrogen) atoms. The average Bonchev–Trinajstić information content (AvgIpc) is 3.95. The Morgan fingerprint density at radius 1 is 0.909 bits per heavy atom. The zero-order valence-corrected chi connectivity index (χ0v) is 39.4. The number of rotatable bonds is 19. The highest BCUT2D eigenvalue weighted by Crippen LogP contribution is 2.35. The molecule has 4 amide bonds. The van der Waals surface area contributed by atoms with Crippen LogP contribution in [0.5, 0.6) is 5.75 Å². The molecule has 1 aliphatic rings. The molecule has 3 atom stereocenters. The molecular weight excluding hydrogens is 847 g/mol. The van der Waals surface area contributed by atoms with Gasteiger partial charge in [0.2, 0.25) is 23.6 Å². The zero-order valence-electron chi connectivity index (χ0n) is 38.6. The molecule has 6 rings (SSSR count). The first-order chi connectivity index (χ1) is 31.9. The fourth-order valence-electron chi connectivity index (χ4n) is 8.06. The van der Waals surface area contributed by atoms with Crippen LogP contribution in [0.15, 0.2) is 115 Å². The van der Waals surface area contributed by atoms with Gasteiger partial charge in [-0.1, -0.05) is 124 Å². The Kier molecular flexibility index (Phi) is 17.9. The van der Waals surface area contributed by atoms with E-state index >= 15 is 0 Å². The monoisotopic (exact) mass is 907 g/mol. The number of amides is 4.